The number of hydrogen-bond acceptors (Lipinski definition) is 2. The molecule has 0 bridgehead atoms. The third-order valence-corrected chi connectivity index (χ3v) is 8.26. The van der Waals surface area contributed by atoms with Gasteiger partial charge in [-0.2, -0.15) is 0 Å². The van der Waals surface area contributed by atoms with Crippen LogP contribution in [0, 0.1) is 23.2 Å². The molecule has 0 heterocycles. The van der Waals surface area contributed by atoms with Gasteiger partial charge in [-0.05, 0) is 92.1 Å². The van der Waals surface area contributed by atoms with E-state index in [4.69, 9.17) is 0 Å². The van der Waals surface area contributed by atoms with Crippen LogP contribution in [0.2, 0.25) is 0 Å². The summed E-state index contributed by atoms with van der Waals surface area (Å²) in [5.74, 6) is 1.66. The normalized spacial score (nSPS) is 39.3. The quantitative estimate of drug-likeness (QED) is 0.546. The molecule has 3 rings (SSSR count). The second kappa shape index (κ2) is 9.47. The number of allylic oxidation sites excluding steroid dienone is 3. The molecule has 3 heteroatoms. The van der Waals surface area contributed by atoms with Crippen LogP contribution in [0.5, 0.6) is 0 Å². The first-order chi connectivity index (χ1) is 13.7. The fourth-order valence-electron chi connectivity index (χ4n) is 6.16. The SMILES string of the molecule is C=C1/C(=C\C=C2/CCCC3(C)C(CCCC(O)C(C)C)CCC23)[C@H](F)CC[C@@H]1O. The number of halogens is 1. The summed E-state index contributed by atoms with van der Waals surface area (Å²) in [5.41, 5.74) is 2.97. The minimum atomic E-state index is -0.999. The Labute approximate surface area is 177 Å². The Morgan fingerprint density at radius 1 is 1.21 bits per heavy atom. The highest BCUT2D eigenvalue weighted by Crippen LogP contribution is 2.58. The average molecular weight is 405 g/mol. The molecule has 0 amide bonds. The molecule has 0 aromatic heterocycles. The predicted octanol–water partition coefficient (Wildman–Crippen LogP) is 6.29. The van der Waals surface area contributed by atoms with Crippen molar-refractivity contribution in [3.05, 3.63) is 35.5 Å². The maximum Gasteiger partial charge on any atom is 0.126 e. The molecular formula is C26H41FO2. The fourth-order valence-corrected chi connectivity index (χ4v) is 6.16. The van der Waals surface area contributed by atoms with E-state index in [0.717, 1.165) is 25.2 Å². The molecule has 0 aromatic rings. The highest BCUT2D eigenvalue weighted by atomic mass is 19.1. The molecule has 3 aliphatic carbocycles. The summed E-state index contributed by atoms with van der Waals surface area (Å²) in [6.45, 7) is 10.6. The Bertz CT molecular complexity index is 649. The summed E-state index contributed by atoms with van der Waals surface area (Å²) in [6, 6.07) is 0. The van der Waals surface area contributed by atoms with Crippen LogP contribution in [0.15, 0.2) is 35.5 Å². The first-order valence-corrected chi connectivity index (χ1v) is 11.8. The van der Waals surface area contributed by atoms with E-state index in [-0.39, 0.29) is 6.10 Å². The molecular weight excluding hydrogens is 363 g/mol. The zero-order chi connectivity index (χ0) is 21.2. The van der Waals surface area contributed by atoms with Crippen LogP contribution >= 0.6 is 0 Å². The molecule has 0 saturated heterocycles. The van der Waals surface area contributed by atoms with Gasteiger partial charge in [0, 0.05) is 0 Å². The van der Waals surface area contributed by atoms with E-state index in [1.54, 1.807) is 0 Å². The Morgan fingerprint density at radius 3 is 2.69 bits per heavy atom. The fraction of sp³-hybridized carbons (Fsp3) is 0.769. The van der Waals surface area contributed by atoms with Crippen LogP contribution in [0.3, 0.4) is 0 Å². The van der Waals surface area contributed by atoms with Gasteiger partial charge in [0.2, 0.25) is 0 Å². The first kappa shape index (κ1) is 22.7. The van der Waals surface area contributed by atoms with E-state index in [1.165, 1.54) is 37.7 Å². The van der Waals surface area contributed by atoms with Gasteiger partial charge in [0.05, 0.1) is 12.2 Å². The Hall–Kier alpha value is -0.930. The Morgan fingerprint density at radius 2 is 1.97 bits per heavy atom. The molecule has 3 fully saturated rings. The van der Waals surface area contributed by atoms with Crippen molar-refractivity contribution >= 4 is 0 Å². The molecule has 0 spiro atoms. The van der Waals surface area contributed by atoms with Gasteiger partial charge in [0.1, 0.15) is 6.17 Å². The second-order valence-corrected chi connectivity index (χ2v) is 10.4. The summed E-state index contributed by atoms with van der Waals surface area (Å²) in [7, 11) is 0. The average Bonchev–Trinajstić information content (AvgIpc) is 3.01. The lowest BCUT2D eigenvalue weighted by molar-refractivity contribution is 0.0974. The van der Waals surface area contributed by atoms with Crippen LogP contribution < -0.4 is 0 Å². The van der Waals surface area contributed by atoms with Gasteiger partial charge in [0.15, 0.2) is 0 Å². The Balaban J connectivity index is 1.68. The van der Waals surface area contributed by atoms with Crippen molar-refractivity contribution in [1.29, 1.82) is 0 Å². The van der Waals surface area contributed by atoms with Crippen molar-refractivity contribution in [3.8, 4) is 0 Å². The maximum atomic E-state index is 14.4. The molecule has 0 aliphatic heterocycles. The summed E-state index contributed by atoms with van der Waals surface area (Å²) < 4.78 is 14.4. The lowest BCUT2D eigenvalue weighted by Gasteiger charge is -2.42. The largest absolute Gasteiger partial charge is 0.393 e. The van der Waals surface area contributed by atoms with Gasteiger partial charge < -0.3 is 10.2 Å². The van der Waals surface area contributed by atoms with Gasteiger partial charge >= 0.3 is 0 Å². The maximum absolute atomic E-state index is 14.4. The highest BCUT2D eigenvalue weighted by Gasteiger charge is 2.48. The van der Waals surface area contributed by atoms with Crippen molar-refractivity contribution in [2.24, 2.45) is 23.2 Å². The minimum Gasteiger partial charge on any atom is -0.393 e. The van der Waals surface area contributed by atoms with Crippen LogP contribution in [-0.4, -0.2) is 28.6 Å². The monoisotopic (exact) mass is 404 g/mol. The van der Waals surface area contributed by atoms with E-state index < -0.39 is 12.3 Å². The third kappa shape index (κ3) is 4.88. The zero-order valence-corrected chi connectivity index (χ0v) is 18.7. The first-order valence-electron chi connectivity index (χ1n) is 11.8. The smallest absolute Gasteiger partial charge is 0.126 e. The predicted molar refractivity (Wildman–Crippen MR) is 118 cm³/mol. The van der Waals surface area contributed by atoms with E-state index in [0.29, 0.717) is 41.2 Å². The van der Waals surface area contributed by atoms with Crippen molar-refractivity contribution in [2.75, 3.05) is 0 Å². The van der Waals surface area contributed by atoms with Crippen molar-refractivity contribution in [3.63, 3.8) is 0 Å². The minimum absolute atomic E-state index is 0.180. The molecule has 4 unspecified atom stereocenters. The van der Waals surface area contributed by atoms with Crippen LogP contribution in [0.1, 0.15) is 85.0 Å². The molecule has 3 aliphatic rings. The van der Waals surface area contributed by atoms with E-state index in [1.807, 2.05) is 6.08 Å². The lowest BCUT2D eigenvalue weighted by Crippen LogP contribution is -2.33. The van der Waals surface area contributed by atoms with Crippen molar-refractivity contribution in [2.45, 2.75) is 103 Å². The number of rotatable bonds is 6. The van der Waals surface area contributed by atoms with Gasteiger partial charge in [-0.25, -0.2) is 4.39 Å². The third-order valence-electron chi connectivity index (χ3n) is 8.26. The number of fused-ring (bicyclic) bond motifs is 1. The highest BCUT2D eigenvalue weighted by molar-refractivity contribution is 5.40. The van der Waals surface area contributed by atoms with E-state index in [9.17, 15) is 14.6 Å². The molecule has 3 saturated carbocycles. The summed E-state index contributed by atoms with van der Waals surface area (Å²) in [4.78, 5) is 0. The van der Waals surface area contributed by atoms with Gasteiger partial charge in [0.25, 0.3) is 0 Å². The summed E-state index contributed by atoms with van der Waals surface area (Å²) in [5, 5.41) is 20.2. The molecule has 2 nitrogen and oxygen atoms in total. The lowest BCUT2D eigenvalue weighted by atomic mass is 9.62. The van der Waals surface area contributed by atoms with Crippen LogP contribution in [0.4, 0.5) is 4.39 Å². The number of aliphatic hydroxyl groups excluding tert-OH is 2. The van der Waals surface area contributed by atoms with Gasteiger partial charge in [-0.3, -0.25) is 0 Å². The second-order valence-electron chi connectivity index (χ2n) is 10.4. The van der Waals surface area contributed by atoms with E-state index in [2.05, 4.69) is 33.4 Å². The summed E-state index contributed by atoms with van der Waals surface area (Å²) in [6.07, 6.45) is 12.5. The number of aliphatic hydroxyl groups is 2. The van der Waals surface area contributed by atoms with Gasteiger partial charge in [-0.1, -0.05) is 51.5 Å². The van der Waals surface area contributed by atoms with Crippen LogP contribution in [-0.2, 0) is 0 Å². The molecule has 6 atom stereocenters. The number of hydrogen-bond donors (Lipinski definition) is 2. The summed E-state index contributed by atoms with van der Waals surface area (Å²) >= 11 is 0. The van der Waals surface area contributed by atoms with Gasteiger partial charge in [-0.15, -0.1) is 0 Å². The zero-order valence-electron chi connectivity index (χ0n) is 18.7. The molecule has 164 valence electrons. The van der Waals surface area contributed by atoms with Crippen LogP contribution in [0.25, 0.3) is 0 Å². The molecule has 29 heavy (non-hydrogen) atoms. The van der Waals surface area contributed by atoms with E-state index >= 15 is 0 Å². The molecule has 0 radical (unpaired) electrons. The van der Waals surface area contributed by atoms with Crippen molar-refractivity contribution in [1.82, 2.24) is 0 Å². The van der Waals surface area contributed by atoms with Crippen molar-refractivity contribution < 1.29 is 14.6 Å². The Kier molecular flexibility index (Phi) is 7.43. The molecule has 0 aromatic carbocycles. The standard InChI is InChI=1S/C26H41FO2/c1-17(2)24(28)9-5-8-20-11-13-22-19(7-6-16-26(20,22)4)10-12-21-18(3)25(29)15-14-23(21)27/h10,12,17,20,22-25,28-29H,3,5-9,11,13-16H2,1-2,4H3/b19-10+,21-12+/t20?,22?,23-,24?,25+,26?/m1/s1. The molecule has 2 N–H and O–H groups in total. The topological polar surface area (TPSA) is 40.5 Å². The number of alkyl halides is 1.